The van der Waals surface area contributed by atoms with Crippen LogP contribution in [0.2, 0.25) is 5.02 Å². The van der Waals surface area contributed by atoms with E-state index in [4.69, 9.17) is 16.3 Å². The van der Waals surface area contributed by atoms with E-state index < -0.39 is 0 Å². The summed E-state index contributed by atoms with van der Waals surface area (Å²) in [5, 5.41) is 6.53. The van der Waals surface area contributed by atoms with Crippen molar-refractivity contribution < 1.29 is 9.53 Å². The Morgan fingerprint density at radius 1 is 1.00 bits per heavy atom. The molecule has 1 heterocycles. The van der Waals surface area contributed by atoms with Crippen molar-refractivity contribution in [1.29, 1.82) is 0 Å². The van der Waals surface area contributed by atoms with Crippen LogP contribution >= 0.6 is 11.6 Å². The highest BCUT2D eigenvalue weighted by molar-refractivity contribution is 6.32. The molecule has 0 fully saturated rings. The fourth-order valence-corrected chi connectivity index (χ4v) is 2.78. The summed E-state index contributed by atoms with van der Waals surface area (Å²) in [4.78, 5) is 16.7. The molecule has 0 radical (unpaired) electrons. The molecular formula is C21H20ClN3O2. The number of benzene rings is 2. The predicted molar refractivity (Wildman–Crippen MR) is 109 cm³/mol. The molecule has 0 spiro atoms. The highest BCUT2D eigenvalue weighted by Gasteiger charge is 2.08. The molecule has 1 aromatic heterocycles. The zero-order chi connectivity index (χ0) is 19.4. The van der Waals surface area contributed by atoms with Gasteiger partial charge in [0.2, 0.25) is 0 Å². The molecule has 0 aliphatic heterocycles. The second kappa shape index (κ2) is 8.10. The normalized spacial score (nSPS) is 10.4. The molecule has 0 atom stereocenters. The Morgan fingerprint density at radius 2 is 1.78 bits per heavy atom. The monoisotopic (exact) mass is 381 g/mol. The second-order valence-corrected chi connectivity index (χ2v) is 6.57. The SMILES string of the molecule is COc1ccc(Nc2ccc(NC(=O)c3ccc(C)c(C)c3)cn2)cc1Cl. The minimum Gasteiger partial charge on any atom is -0.495 e. The molecule has 138 valence electrons. The molecule has 2 N–H and O–H groups in total. The van der Waals surface area contributed by atoms with Crippen LogP contribution in [0.15, 0.2) is 54.7 Å². The number of methoxy groups -OCH3 is 1. The molecule has 3 rings (SSSR count). The topological polar surface area (TPSA) is 63.2 Å². The van der Waals surface area contributed by atoms with Gasteiger partial charge < -0.3 is 15.4 Å². The van der Waals surface area contributed by atoms with Crippen molar-refractivity contribution in [2.24, 2.45) is 0 Å². The Bertz CT molecular complexity index is 972. The van der Waals surface area contributed by atoms with Gasteiger partial charge in [0, 0.05) is 11.3 Å². The maximum Gasteiger partial charge on any atom is 0.255 e. The molecule has 1 amide bonds. The number of anilines is 3. The number of carbonyl (C=O) groups excluding carboxylic acids is 1. The average Bonchev–Trinajstić information content (AvgIpc) is 2.65. The van der Waals surface area contributed by atoms with Crippen molar-refractivity contribution in [3.05, 3.63) is 76.4 Å². The van der Waals surface area contributed by atoms with E-state index >= 15 is 0 Å². The predicted octanol–water partition coefficient (Wildman–Crippen LogP) is 5.36. The minimum atomic E-state index is -0.164. The molecule has 0 saturated carbocycles. The summed E-state index contributed by atoms with van der Waals surface area (Å²) < 4.78 is 5.14. The number of aromatic nitrogens is 1. The van der Waals surface area contributed by atoms with E-state index in [1.807, 2.05) is 38.1 Å². The Labute approximate surface area is 163 Å². The van der Waals surface area contributed by atoms with Gasteiger partial charge in [0.05, 0.1) is 24.0 Å². The number of pyridine rings is 1. The van der Waals surface area contributed by atoms with Crippen LogP contribution in [0, 0.1) is 13.8 Å². The number of ether oxygens (including phenoxy) is 1. The summed E-state index contributed by atoms with van der Waals surface area (Å²) in [5.41, 5.74) is 4.27. The lowest BCUT2D eigenvalue weighted by atomic mass is 10.1. The number of hydrogen-bond donors (Lipinski definition) is 2. The van der Waals surface area contributed by atoms with Crippen LogP contribution < -0.4 is 15.4 Å². The molecule has 5 nitrogen and oxygen atoms in total. The summed E-state index contributed by atoms with van der Waals surface area (Å²) in [6.07, 6.45) is 1.60. The zero-order valence-corrected chi connectivity index (χ0v) is 16.1. The van der Waals surface area contributed by atoms with Gasteiger partial charge in [-0.15, -0.1) is 0 Å². The molecule has 3 aromatic rings. The number of amides is 1. The Kier molecular flexibility index (Phi) is 5.62. The number of carbonyl (C=O) groups is 1. The molecule has 0 aliphatic carbocycles. The zero-order valence-electron chi connectivity index (χ0n) is 15.3. The van der Waals surface area contributed by atoms with Gasteiger partial charge in [-0.05, 0) is 67.4 Å². The van der Waals surface area contributed by atoms with Crippen LogP contribution in [0.5, 0.6) is 5.75 Å². The highest BCUT2D eigenvalue weighted by atomic mass is 35.5. The van der Waals surface area contributed by atoms with Crippen molar-refractivity contribution in [3.63, 3.8) is 0 Å². The summed E-state index contributed by atoms with van der Waals surface area (Å²) in [7, 11) is 1.57. The van der Waals surface area contributed by atoms with Gasteiger partial charge in [0.15, 0.2) is 0 Å². The Balaban J connectivity index is 1.67. The van der Waals surface area contributed by atoms with Crippen LogP contribution in [-0.2, 0) is 0 Å². The standard InChI is InChI=1S/C21H20ClN3O2/c1-13-4-5-15(10-14(13)2)21(26)25-17-7-9-20(23-12-17)24-16-6-8-19(27-3)18(22)11-16/h4-12H,1-3H3,(H,23,24)(H,25,26). The minimum absolute atomic E-state index is 0.164. The lowest BCUT2D eigenvalue weighted by Crippen LogP contribution is -2.12. The summed E-state index contributed by atoms with van der Waals surface area (Å²) >= 11 is 6.12. The molecule has 0 saturated heterocycles. The maximum absolute atomic E-state index is 12.4. The number of rotatable bonds is 5. The number of halogens is 1. The van der Waals surface area contributed by atoms with Crippen molar-refractivity contribution >= 4 is 34.7 Å². The first kappa shape index (κ1) is 18.7. The van der Waals surface area contributed by atoms with Gasteiger partial charge in [-0.2, -0.15) is 0 Å². The van der Waals surface area contributed by atoms with Gasteiger partial charge >= 0.3 is 0 Å². The fourth-order valence-electron chi connectivity index (χ4n) is 2.52. The fraction of sp³-hybridized carbons (Fsp3) is 0.143. The average molecular weight is 382 g/mol. The van der Waals surface area contributed by atoms with Crippen LogP contribution in [0.25, 0.3) is 0 Å². The van der Waals surface area contributed by atoms with Gasteiger partial charge in [-0.1, -0.05) is 17.7 Å². The largest absolute Gasteiger partial charge is 0.495 e. The van der Waals surface area contributed by atoms with Crippen molar-refractivity contribution in [3.8, 4) is 5.75 Å². The maximum atomic E-state index is 12.4. The molecular weight excluding hydrogens is 362 g/mol. The van der Waals surface area contributed by atoms with E-state index in [0.717, 1.165) is 16.8 Å². The van der Waals surface area contributed by atoms with E-state index in [2.05, 4.69) is 15.6 Å². The molecule has 27 heavy (non-hydrogen) atoms. The third kappa shape index (κ3) is 4.57. The van der Waals surface area contributed by atoms with Crippen LogP contribution in [0.3, 0.4) is 0 Å². The second-order valence-electron chi connectivity index (χ2n) is 6.16. The molecule has 0 bridgehead atoms. The number of hydrogen-bond acceptors (Lipinski definition) is 4. The van der Waals surface area contributed by atoms with E-state index in [9.17, 15) is 4.79 Å². The highest BCUT2D eigenvalue weighted by Crippen LogP contribution is 2.28. The van der Waals surface area contributed by atoms with Gasteiger partial charge in [0.1, 0.15) is 11.6 Å². The summed E-state index contributed by atoms with van der Waals surface area (Å²) in [6, 6.07) is 14.6. The number of nitrogens with zero attached hydrogens (tertiary/aromatic N) is 1. The van der Waals surface area contributed by atoms with Crippen molar-refractivity contribution in [1.82, 2.24) is 4.98 Å². The lowest BCUT2D eigenvalue weighted by Gasteiger charge is -2.10. The summed E-state index contributed by atoms with van der Waals surface area (Å²) in [6.45, 7) is 4.00. The van der Waals surface area contributed by atoms with Gasteiger partial charge in [-0.25, -0.2) is 4.98 Å². The quantitative estimate of drug-likeness (QED) is 0.624. The van der Waals surface area contributed by atoms with E-state index in [-0.39, 0.29) is 5.91 Å². The van der Waals surface area contributed by atoms with Crippen molar-refractivity contribution in [2.75, 3.05) is 17.7 Å². The van der Waals surface area contributed by atoms with Gasteiger partial charge in [0.25, 0.3) is 5.91 Å². The molecule has 2 aromatic carbocycles. The van der Waals surface area contributed by atoms with E-state index in [1.165, 1.54) is 0 Å². The van der Waals surface area contributed by atoms with Gasteiger partial charge in [-0.3, -0.25) is 4.79 Å². The molecule has 0 unspecified atom stereocenters. The first-order valence-corrected chi connectivity index (χ1v) is 8.79. The lowest BCUT2D eigenvalue weighted by molar-refractivity contribution is 0.102. The van der Waals surface area contributed by atoms with Crippen LogP contribution in [-0.4, -0.2) is 18.0 Å². The summed E-state index contributed by atoms with van der Waals surface area (Å²) in [5.74, 6) is 1.09. The first-order chi connectivity index (χ1) is 13.0. The Morgan fingerprint density at radius 3 is 2.41 bits per heavy atom. The van der Waals surface area contributed by atoms with Crippen LogP contribution in [0.1, 0.15) is 21.5 Å². The third-order valence-corrected chi connectivity index (χ3v) is 4.51. The molecule has 0 aliphatic rings. The van der Waals surface area contributed by atoms with E-state index in [0.29, 0.717) is 27.8 Å². The Hall–Kier alpha value is -3.05. The number of nitrogens with one attached hydrogen (secondary N) is 2. The van der Waals surface area contributed by atoms with E-state index in [1.54, 1.807) is 37.6 Å². The van der Waals surface area contributed by atoms with Crippen LogP contribution in [0.4, 0.5) is 17.2 Å². The third-order valence-electron chi connectivity index (χ3n) is 4.21. The molecule has 6 heteroatoms. The smallest absolute Gasteiger partial charge is 0.255 e. The first-order valence-electron chi connectivity index (χ1n) is 8.41. The van der Waals surface area contributed by atoms with Crippen molar-refractivity contribution in [2.45, 2.75) is 13.8 Å². The number of aryl methyl sites for hydroxylation is 2.